The molecule has 0 heteroatoms. The molecule has 0 aromatic carbocycles. The van der Waals surface area contributed by atoms with Crippen molar-refractivity contribution in [2.75, 3.05) is 0 Å². The van der Waals surface area contributed by atoms with E-state index in [1.54, 1.807) is 0 Å². The normalized spacial score (nSPS) is 26.1. The molecule has 0 amide bonds. The molecule has 0 N–H and O–H groups in total. The molecule has 1 saturated carbocycles. The highest BCUT2D eigenvalue weighted by atomic mass is 14.3. The average molecular weight is 295 g/mol. The van der Waals surface area contributed by atoms with Gasteiger partial charge in [-0.25, -0.2) is 0 Å². The van der Waals surface area contributed by atoms with E-state index in [2.05, 4.69) is 34.6 Å². The van der Waals surface area contributed by atoms with Crippen LogP contribution in [0.3, 0.4) is 0 Å². The van der Waals surface area contributed by atoms with Gasteiger partial charge < -0.3 is 0 Å². The molecule has 21 heavy (non-hydrogen) atoms. The smallest absolute Gasteiger partial charge is 0.0409 e. The summed E-state index contributed by atoms with van der Waals surface area (Å²) in [6, 6.07) is 0. The molecule has 1 aliphatic rings. The largest absolute Gasteiger partial charge is 0.0654 e. The minimum atomic E-state index is 0.928. The van der Waals surface area contributed by atoms with Crippen LogP contribution in [0.5, 0.6) is 0 Å². The van der Waals surface area contributed by atoms with Crippen molar-refractivity contribution in [3.05, 3.63) is 0 Å². The number of hydrogen-bond donors (Lipinski definition) is 0. The first-order chi connectivity index (χ1) is 10.0. The van der Waals surface area contributed by atoms with Gasteiger partial charge in [-0.05, 0) is 42.4 Å². The lowest BCUT2D eigenvalue weighted by atomic mass is 9.73. The third kappa shape index (κ3) is 8.27. The predicted octanol–water partition coefficient (Wildman–Crippen LogP) is 7.47. The molecule has 0 aromatic rings. The van der Waals surface area contributed by atoms with Gasteiger partial charge in [0.2, 0.25) is 0 Å². The molecule has 0 nitrogen and oxygen atoms in total. The molecule has 1 aliphatic carbocycles. The minimum Gasteiger partial charge on any atom is -0.0654 e. The fraction of sp³-hybridized carbons (Fsp3) is 1.00. The summed E-state index contributed by atoms with van der Waals surface area (Å²) in [4.78, 5) is 0. The number of unbranched alkanes of at least 4 members (excludes halogenated alkanes) is 2. The molecule has 0 bridgehead atoms. The number of rotatable bonds is 12. The number of hydrogen-bond acceptors (Lipinski definition) is 0. The zero-order valence-electron chi connectivity index (χ0n) is 15.7. The van der Waals surface area contributed by atoms with Crippen molar-refractivity contribution in [2.24, 2.45) is 29.6 Å². The molecule has 3 unspecified atom stereocenters. The van der Waals surface area contributed by atoms with Crippen LogP contribution in [0.2, 0.25) is 0 Å². The first-order valence-electron chi connectivity index (χ1n) is 10.0. The van der Waals surface area contributed by atoms with E-state index < -0.39 is 0 Å². The molecule has 0 aromatic heterocycles. The second-order valence-electron chi connectivity index (χ2n) is 8.51. The van der Waals surface area contributed by atoms with E-state index in [0.717, 1.165) is 29.6 Å². The lowest BCUT2D eigenvalue weighted by Gasteiger charge is -2.33. The summed E-state index contributed by atoms with van der Waals surface area (Å²) >= 11 is 0. The summed E-state index contributed by atoms with van der Waals surface area (Å²) < 4.78 is 0. The molecule has 0 radical (unpaired) electrons. The van der Waals surface area contributed by atoms with Crippen LogP contribution in [-0.4, -0.2) is 0 Å². The molecule has 0 aliphatic heterocycles. The Kier molecular flexibility index (Phi) is 9.69. The van der Waals surface area contributed by atoms with Crippen molar-refractivity contribution < 1.29 is 0 Å². The molecule has 0 heterocycles. The highest BCUT2D eigenvalue weighted by Gasteiger charge is 2.24. The van der Waals surface area contributed by atoms with Crippen molar-refractivity contribution in [3.63, 3.8) is 0 Å². The van der Waals surface area contributed by atoms with Gasteiger partial charge in [-0.1, -0.05) is 92.4 Å². The van der Waals surface area contributed by atoms with Crippen LogP contribution in [-0.2, 0) is 0 Å². The Morgan fingerprint density at radius 1 is 0.810 bits per heavy atom. The van der Waals surface area contributed by atoms with Gasteiger partial charge in [-0.2, -0.15) is 0 Å². The van der Waals surface area contributed by atoms with Gasteiger partial charge in [0.25, 0.3) is 0 Å². The van der Waals surface area contributed by atoms with Gasteiger partial charge in [0.15, 0.2) is 0 Å². The summed E-state index contributed by atoms with van der Waals surface area (Å²) in [6.07, 6.45) is 16.1. The van der Waals surface area contributed by atoms with E-state index in [1.807, 2.05) is 0 Å². The van der Waals surface area contributed by atoms with Crippen LogP contribution in [0, 0.1) is 29.6 Å². The Balaban J connectivity index is 1.99. The van der Waals surface area contributed by atoms with E-state index in [9.17, 15) is 0 Å². The lowest BCUT2D eigenvalue weighted by molar-refractivity contribution is 0.191. The highest BCUT2D eigenvalue weighted by Crippen LogP contribution is 2.37. The minimum absolute atomic E-state index is 0.928. The maximum atomic E-state index is 2.49. The van der Waals surface area contributed by atoms with E-state index in [-0.39, 0.29) is 0 Å². The van der Waals surface area contributed by atoms with Crippen molar-refractivity contribution in [2.45, 2.75) is 105 Å². The first-order valence-corrected chi connectivity index (χ1v) is 10.0. The maximum absolute atomic E-state index is 2.49. The van der Waals surface area contributed by atoms with Gasteiger partial charge in [-0.3, -0.25) is 0 Å². The molecule has 1 rings (SSSR count). The van der Waals surface area contributed by atoms with E-state index in [1.165, 1.54) is 70.6 Å². The van der Waals surface area contributed by atoms with Gasteiger partial charge in [0.05, 0.1) is 0 Å². The maximum Gasteiger partial charge on any atom is -0.0409 e. The molecular weight excluding hydrogens is 252 g/mol. The fourth-order valence-corrected chi connectivity index (χ4v) is 4.04. The third-order valence-electron chi connectivity index (χ3n) is 6.13. The Labute approximate surface area is 135 Å². The van der Waals surface area contributed by atoms with Crippen LogP contribution in [0.4, 0.5) is 0 Å². The summed E-state index contributed by atoms with van der Waals surface area (Å²) in [5.41, 5.74) is 0. The lowest BCUT2D eigenvalue weighted by Crippen LogP contribution is -2.20. The Hall–Kier alpha value is 0. The second kappa shape index (κ2) is 10.7. The van der Waals surface area contributed by atoms with Gasteiger partial charge >= 0.3 is 0 Å². The van der Waals surface area contributed by atoms with Crippen molar-refractivity contribution in [3.8, 4) is 0 Å². The first kappa shape index (κ1) is 19.0. The quantitative estimate of drug-likeness (QED) is 0.327. The monoisotopic (exact) mass is 294 g/mol. The zero-order chi connectivity index (χ0) is 15.7. The summed E-state index contributed by atoms with van der Waals surface area (Å²) in [6.45, 7) is 12.2. The SMILES string of the molecule is CCCCCC(C)C(C)CCC(C)CCCC1CC(C)C1. The Bertz CT molecular complexity index is 238. The molecule has 3 atom stereocenters. The predicted molar refractivity (Wildman–Crippen MR) is 96.6 cm³/mol. The third-order valence-corrected chi connectivity index (χ3v) is 6.13. The van der Waals surface area contributed by atoms with E-state index >= 15 is 0 Å². The average Bonchev–Trinajstić information content (AvgIpc) is 2.42. The fourth-order valence-electron chi connectivity index (χ4n) is 4.04. The second-order valence-corrected chi connectivity index (χ2v) is 8.51. The molecule has 126 valence electrons. The van der Waals surface area contributed by atoms with E-state index in [0.29, 0.717) is 0 Å². The Morgan fingerprint density at radius 3 is 2.10 bits per heavy atom. The van der Waals surface area contributed by atoms with Crippen molar-refractivity contribution >= 4 is 0 Å². The van der Waals surface area contributed by atoms with Crippen LogP contribution in [0.25, 0.3) is 0 Å². The van der Waals surface area contributed by atoms with Gasteiger partial charge in [0.1, 0.15) is 0 Å². The Morgan fingerprint density at radius 2 is 1.48 bits per heavy atom. The summed E-state index contributed by atoms with van der Waals surface area (Å²) in [5, 5.41) is 0. The van der Waals surface area contributed by atoms with Crippen LogP contribution >= 0.6 is 0 Å². The van der Waals surface area contributed by atoms with Crippen molar-refractivity contribution in [1.82, 2.24) is 0 Å². The van der Waals surface area contributed by atoms with Gasteiger partial charge in [0, 0.05) is 0 Å². The molecule has 0 saturated heterocycles. The highest BCUT2D eigenvalue weighted by molar-refractivity contribution is 4.76. The zero-order valence-corrected chi connectivity index (χ0v) is 15.7. The van der Waals surface area contributed by atoms with E-state index in [4.69, 9.17) is 0 Å². The standard InChI is InChI=1S/C21H42/c1-6-7-8-11-19(4)20(5)14-13-17(2)10-9-12-21-15-18(3)16-21/h17-21H,6-16H2,1-5H3. The van der Waals surface area contributed by atoms with Crippen LogP contribution < -0.4 is 0 Å². The van der Waals surface area contributed by atoms with Crippen LogP contribution in [0.1, 0.15) is 105 Å². The molecule has 1 fully saturated rings. The summed E-state index contributed by atoms with van der Waals surface area (Å²) in [7, 11) is 0. The van der Waals surface area contributed by atoms with Crippen molar-refractivity contribution in [1.29, 1.82) is 0 Å². The van der Waals surface area contributed by atoms with Gasteiger partial charge in [-0.15, -0.1) is 0 Å². The topological polar surface area (TPSA) is 0 Å². The summed E-state index contributed by atoms with van der Waals surface area (Å²) in [5.74, 6) is 4.93. The molecule has 0 spiro atoms. The van der Waals surface area contributed by atoms with Crippen LogP contribution in [0.15, 0.2) is 0 Å². The molecular formula is C21H42.